The van der Waals surface area contributed by atoms with Crippen molar-refractivity contribution in [2.45, 2.75) is 17.4 Å². The second-order valence-electron chi connectivity index (χ2n) is 5.49. The van der Waals surface area contributed by atoms with E-state index in [0.29, 0.717) is 0 Å². The zero-order valence-corrected chi connectivity index (χ0v) is 17.9. The Labute approximate surface area is 185 Å². The molecular formula is C17H14Cl3N3O5S. The Balaban J connectivity index is 2.19. The van der Waals surface area contributed by atoms with Gasteiger partial charge in [-0.05, 0) is 24.1 Å². The van der Waals surface area contributed by atoms with Gasteiger partial charge in [-0.3, -0.25) is 14.9 Å². The van der Waals surface area contributed by atoms with E-state index in [2.05, 4.69) is 10.0 Å². The SMILES string of the molecule is CNC(=O)C[C@@H](NSc1ccccc1[N+](=O)[O-])C(=O)Oc1cc(Cl)c(Cl)cc1Cl. The Bertz CT molecular complexity index is 945. The summed E-state index contributed by atoms with van der Waals surface area (Å²) in [6.07, 6.45) is -0.276. The minimum atomic E-state index is -1.13. The molecule has 0 fully saturated rings. The third-order valence-electron chi connectivity index (χ3n) is 3.51. The lowest BCUT2D eigenvalue weighted by Crippen LogP contribution is -2.40. The molecule has 0 aliphatic heterocycles. The number of benzene rings is 2. The summed E-state index contributed by atoms with van der Waals surface area (Å²) in [4.78, 5) is 35.2. The lowest BCUT2D eigenvalue weighted by molar-refractivity contribution is -0.387. The summed E-state index contributed by atoms with van der Waals surface area (Å²) in [6.45, 7) is 0. The van der Waals surface area contributed by atoms with Crippen LogP contribution in [0.4, 0.5) is 5.69 Å². The average molecular weight is 479 g/mol. The van der Waals surface area contributed by atoms with E-state index in [9.17, 15) is 19.7 Å². The van der Waals surface area contributed by atoms with Gasteiger partial charge in [-0.15, -0.1) is 0 Å². The van der Waals surface area contributed by atoms with Crippen LogP contribution in [0.1, 0.15) is 6.42 Å². The number of hydrogen-bond donors (Lipinski definition) is 2. The van der Waals surface area contributed by atoms with Gasteiger partial charge in [-0.1, -0.05) is 46.9 Å². The summed E-state index contributed by atoms with van der Waals surface area (Å²) in [6, 6.07) is 7.42. The number of hydrogen-bond acceptors (Lipinski definition) is 7. The minimum Gasteiger partial charge on any atom is -0.424 e. The number of nitro groups is 1. The van der Waals surface area contributed by atoms with Crippen LogP contribution in [0.5, 0.6) is 5.75 Å². The van der Waals surface area contributed by atoms with Crippen LogP contribution in [0.25, 0.3) is 0 Å². The molecule has 154 valence electrons. The van der Waals surface area contributed by atoms with Crippen LogP contribution < -0.4 is 14.8 Å². The number of carbonyl (C=O) groups is 2. The number of carbonyl (C=O) groups excluding carboxylic acids is 2. The molecule has 0 aromatic heterocycles. The van der Waals surface area contributed by atoms with Crippen molar-refractivity contribution in [3.8, 4) is 5.75 Å². The Morgan fingerprint density at radius 1 is 1.17 bits per heavy atom. The molecule has 1 amide bonds. The Morgan fingerprint density at radius 3 is 2.48 bits per heavy atom. The highest BCUT2D eigenvalue weighted by Crippen LogP contribution is 2.34. The van der Waals surface area contributed by atoms with Crippen LogP contribution in [0.2, 0.25) is 15.1 Å². The summed E-state index contributed by atoms with van der Waals surface area (Å²) >= 11 is 18.6. The van der Waals surface area contributed by atoms with Crippen LogP contribution in [0, 0.1) is 10.1 Å². The smallest absolute Gasteiger partial charge is 0.329 e. The zero-order valence-electron chi connectivity index (χ0n) is 14.8. The van der Waals surface area contributed by atoms with Crippen molar-refractivity contribution in [3.63, 3.8) is 0 Å². The molecule has 0 radical (unpaired) electrons. The van der Waals surface area contributed by atoms with Gasteiger partial charge in [0.15, 0.2) is 5.75 Å². The normalized spacial score (nSPS) is 11.6. The molecule has 0 bridgehead atoms. The summed E-state index contributed by atoms with van der Waals surface area (Å²) in [5.74, 6) is -1.31. The summed E-state index contributed by atoms with van der Waals surface area (Å²) in [5, 5.41) is 13.9. The summed E-state index contributed by atoms with van der Waals surface area (Å²) in [7, 11) is 1.41. The maximum absolute atomic E-state index is 12.6. The Morgan fingerprint density at radius 2 is 1.83 bits per heavy atom. The summed E-state index contributed by atoms with van der Waals surface area (Å²) < 4.78 is 7.99. The molecule has 12 heteroatoms. The highest BCUT2D eigenvalue weighted by molar-refractivity contribution is 7.97. The first kappa shape index (κ1) is 23.2. The third kappa shape index (κ3) is 6.48. The molecule has 0 heterocycles. The van der Waals surface area contributed by atoms with E-state index in [-0.39, 0.29) is 37.8 Å². The van der Waals surface area contributed by atoms with Gasteiger partial charge in [0, 0.05) is 19.2 Å². The van der Waals surface area contributed by atoms with Crippen LogP contribution >= 0.6 is 46.8 Å². The molecule has 0 unspecified atom stereocenters. The highest BCUT2D eigenvalue weighted by atomic mass is 35.5. The predicted molar refractivity (Wildman–Crippen MR) is 112 cm³/mol. The maximum atomic E-state index is 12.6. The van der Waals surface area contributed by atoms with Crippen molar-refractivity contribution in [2.24, 2.45) is 0 Å². The van der Waals surface area contributed by atoms with Gasteiger partial charge < -0.3 is 10.1 Å². The number of halogens is 3. The van der Waals surface area contributed by atoms with E-state index in [4.69, 9.17) is 39.5 Å². The second kappa shape index (κ2) is 10.7. The van der Waals surface area contributed by atoms with E-state index >= 15 is 0 Å². The van der Waals surface area contributed by atoms with E-state index in [1.54, 1.807) is 6.07 Å². The fourth-order valence-electron chi connectivity index (χ4n) is 2.05. The molecular weight excluding hydrogens is 465 g/mol. The summed E-state index contributed by atoms with van der Waals surface area (Å²) in [5.41, 5.74) is -0.149. The molecule has 0 saturated carbocycles. The molecule has 0 spiro atoms. The number of nitrogens with one attached hydrogen (secondary N) is 2. The Hall–Kier alpha value is -2.04. The fourth-order valence-corrected chi connectivity index (χ4v) is 3.47. The molecule has 2 aromatic carbocycles. The highest BCUT2D eigenvalue weighted by Gasteiger charge is 2.26. The van der Waals surface area contributed by atoms with E-state index in [0.717, 1.165) is 11.9 Å². The second-order valence-corrected chi connectivity index (χ2v) is 7.59. The van der Waals surface area contributed by atoms with Crippen LogP contribution in [-0.2, 0) is 9.59 Å². The zero-order chi connectivity index (χ0) is 21.6. The number of amides is 1. The molecule has 29 heavy (non-hydrogen) atoms. The molecule has 2 N–H and O–H groups in total. The number of esters is 1. The first-order valence-electron chi connectivity index (χ1n) is 7.95. The topological polar surface area (TPSA) is 111 Å². The largest absolute Gasteiger partial charge is 0.424 e. The quantitative estimate of drug-likeness (QED) is 0.146. The molecule has 8 nitrogen and oxygen atoms in total. The van der Waals surface area contributed by atoms with Crippen molar-refractivity contribution in [1.82, 2.24) is 10.0 Å². The molecule has 0 saturated heterocycles. The standard InChI is InChI=1S/C17H14Cl3N3O5S/c1-21-16(24)8-12(22-29-15-5-3-2-4-13(15)23(26)27)17(25)28-14-7-10(19)9(18)6-11(14)20/h2-7,12,22H,8H2,1H3,(H,21,24)/t12-/m1/s1. The number of ether oxygens (including phenoxy) is 1. The lowest BCUT2D eigenvalue weighted by Gasteiger charge is -2.17. The van der Waals surface area contributed by atoms with Gasteiger partial charge in [-0.25, -0.2) is 9.52 Å². The van der Waals surface area contributed by atoms with Crippen molar-refractivity contribution in [3.05, 3.63) is 61.6 Å². The fraction of sp³-hybridized carbons (Fsp3) is 0.176. The monoisotopic (exact) mass is 477 g/mol. The number of nitrogens with zero attached hydrogens (tertiary/aromatic N) is 1. The molecule has 0 aliphatic rings. The number of nitro benzene ring substituents is 1. The van der Waals surface area contributed by atoms with Crippen LogP contribution in [0.15, 0.2) is 41.3 Å². The lowest BCUT2D eigenvalue weighted by atomic mass is 10.2. The van der Waals surface area contributed by atoms with Crippen molar-refractivity contribution < 1.29 is 19.2 Å². The molecule has 0 aliphatic carbocycles. The van der Waals surface area contributed by atoms with Gasteiger partial charge in [0.1, 0.15) is 10.9 Å². The van der Waals surface area contributed by atoms with Gasteiger partial charge in [0.2, 0.25) is 5.91 Å². The first-order valence-corrected chi connectivity index (χ1v) is 9.90. The van der Waals surface area contributed by atoms with Gasteiger partial charge in [0.25, 0.3) is 5.69 Å². The van der Waals surface area contributed by atoms with Gasteiger partial charge in [0.05, 0.1) is 26.4 Å². The van der Waals surface area contributed by atoms with Gasteiger partial charge >= 0.3 is 5.97 Å². The average Bonchev–Trinajstić information content (AvgIpc) is 2.69. The van der Waals surface area contributed by atoms with E-state index in [1.807, 2.05) is 0 Å². The van der Waals surface area contributed by atoms with Crippen LogP contribution in [-0.4, -0.2) is 29.9 Å². The number of rotatable bonds is 8. The maximum Gasteiger partial charge on any atom is 0.329 e. The van der Waals surface area contributed by atoms with Crippen molar-refractivity contribution in [1.29, 1.82) is 0 Å². The van der Waals surface area contributed by atoms with Gasteiger partial charge in [-0.2, -0.15) is 0 Å². The third-order valence-corrected chi connectivity index (χ3v) is 5.50. The minimum absolute atomic E-state index is 0.0366. The van der Waals surface area contributed by atoms with Crippen molar-refractivity contribution in [2.75, 3.05) is 7.05 Å². The van der Waals surface area contributed by atoms with Crippen molar-refractivity contribution >= 4 is 64.3 Å². The molecule has 1 atom stereocenters. The van der Waals surface area contributed by atoms with Crippen LogP contribution in [0.3, 0.4) is 0 Å². The first-order chi connectivity index (χ1) is 13.7. The Kier molecular flexibility index (Phi) is 8.54. The van der Waals surface area contributed by atoms with E-state index < -0.39 is 22.8 Å². The predicted octanol–water partition coefficient (Wildman–Crippen LogP) is 4.26. The number of para-hydroxylation sites is 1. The molecule has 2 rings (SSSR count). The molecule has 2 aromatic rings. The van der Waals surface area contributed by atoms with E-state index in [1.165, 1.54) is 37.4 Å².